The maximum atomic E-state index is 4.47. The van der Waals surface area contributed by atoms with Crippen molar-refractivity contribution in [1.29, 1.82) is 0 Å². The predicted octanol–water partition coefficient (Wildman–Crippen LogP) is 1.84. The summed E-state index contributed by atoms with van der Waals surface area (Å²) >= 11 is 0. The Morgan fingerprint density at radius 2 is 2.15 bits per heavy atom. The van der Waals surface area contributed by atoms with Gasteiger partial charge in [-0.25, -0.2) is 0 Å². The number of guanidine groups is 1. The summed E-state index contributed by atoms with van der Waals surface area (Å²) in [5.41, 5.74) is 1.35. The fraction of sp³-hybridized carbons (Fsp3) is 0.562. The summed E-state index contributed by atoms with van der Waals surface area (Å²) in [5.74, 6) is 1.70. The normalized spacial score (nSPS) is 22.9. The van der Waals surface area contributed by atoms with Crippen LogP contribution < -0.4 is 15.5 Å². The summed E-state index contributed by atoms with van der Waals surface area (Å²) in [6.07, 6.45) is 3.74. The minimum Gasteiger partial charge on any atom is -0.371 e. The van der Waals surface area contributed by atoms with Crippen LogP contribution in [0, 0.1) is 5.92 Å². The van der Waals surface area contributed by atoms with Gasteiger partial charge in [0, 0.05) is 38.4 Å². The zero-order valence-electron chi connectivity index (χ0n) is 12.0. The molecule has 108 valence electrons. The van der Waals surface area contributed by atoms with Crippen LogP contribution in [0.3, 0.4) is 0 Å². The molecule has 0 aromatic heterocycles. The summed E-state index contributed by atoms with van der Waals surface area (Å²) in [7, 11) is 0. The zero-order chi connectivity index (χ0) is 13.6. The number of para-hydroxylation sites is 1. The van der Waals surface area contributed by atoms with Gasteiger partial charge in [0.05, 0.1) is 0 Å². The zero-order valence-corrected chi connectivity index (χ0v) is 12.0. The Morgan fingerprint density at radius 1 is 1.25 bits per heavy atom. The van der Waals surface area contributed by atoms with Gasteiger partial charge in [0.25, 0.3) is 0 Å². The van der Waals surface area contributed by atoms with Gasteiger partial charge in [-0.2, -0.15) is 0 Å². The number of hydrogen-bond acceptors (Lipinski definition) is 4. The van der Waals surface area contributed by atoms with Crippen LogP contribution in [0.5, 0.6) is 0 Å². The van der Waals surface area contributed by atoms with Gasteiger partial charge < -0.3 is 15.5 Å². The number of nitrogens with zero attached hydrogens (tertiary/aromatic N) is 2. The maximum absolute atomic E-state index is 4.47. The Bertz CT molecular complexity index is 443. The molecule has 1 aromatic rings. The smallest absolute Gasteiger partial charge is 0.191 e. The van der Waals surface area contributed by atoms with Gasteiger partial charge in [-0.05, 0) is 37.3 Å². The first-order valence-electron chi connectivity index (χ1n) is 7.74. The van der Waals surface area contributed by atoms with Crippen molar-refractivity contribution in [2.75, 3.05) is 37.6 Å². The van der Waals surface area contributed by atoms with Crippen LogP contribution in [0.15, 0.2) is 35.3 Å². The average molecular weight is 272 g/mol. The molecule has 3 rings (SSSR count). The molecule has 1 unspecified atom stereocenters. The highest BCUT2D eigenvalue weighted by atomic mass is 15.2. The summed E-state index contributed by atoms with van der Waals surface area (Å²) in [6, 6.07) is 10.8. The first kappa shape index (κ1) is 13.3. The molecular weight excluding hydrogens is 248 g/mol. The fourth-order valence-corrected chi connectivity index (χ4v) is 3.00. The van der Waals surface area contributed by atoms with E-state index in [1.165, 1.54) is 25.1 Å². The third kappa shape index (κ3) is 3.44. The van der Waals surface area contributed by atoms with E-state index in [4.69, 9.17) is 0 Å². The molecule has 2 aliphatic heterocycles. The van der Waals surface area contributed by atoms with Gasteiger partial charge in [0.2, 0.25) is 0 Å². The first-order valence-corrected chi connectivity index (χ1v) is 7.74. The lowest BCUT2D eigenvalue weighted by molar-refractivity contribution is 0.409. The molecule has 0 amide bonds. The van der Waals surface area contributed by atoms with Gasteiger partial charge in [0.1, 0.15) is 0 Å². The Hall–Kier alpha value is -1.71. The Balaban J connectivity index is 1.52. The molecule has 0 spiro atoms. The van der Waals surface area contributed by atoms with Crippen LogP contribution in [0.2, 0.25) is 0 Å². The van der Waals surface area contributed by atoms with Gasteiger partial charge in [0.15, 0.2) is 5.96 Å². The van der Waals surface area contributed by atoms with Crippen molar-refractivity contribution in [2.24, 2.45) is 10.9 Å². The lowest BCUT2D eigenvalue weighted by atomic mass is 9.97. The van der Waals surface area contributed by atoms with Crippen LogP contribution in [-0.2, 0) is 0 Å². The summed E-state index contributed by atoms with van der Waals surface area (Å²) in [6.45, 7) is 5.35. The molecule has 0 radical (unpaired) electrons. The largest absolute Gasteiger partial charge is 0.371 e. The number of aliphatic imine (C=N–C) groups is 1. The maximum Gasteiger partial charge on any atom is 0.191 e. The van der Waals surface area contributed by atoms with E-state index in [0.717, 1.165) is 38.6 Å². The summed E-state index contributed by atoms with van der Waals surface area (Å²) < 4.78 is 0. The Labute approximate surface area is 121 Å². The van der Waals surface area contributed by atoms with Gasteiger partial charge in [-0.1, -0.05) is 18.2 Å². The van der Waals surface area contributed by atoms with E-state index in [1.54, 1.807) is 0 Å². The highest BCUT2D eigenvalue weighted by Crippen LogP contribution is 2.22. The average Bonchev–Trinajstić information content (AvgIpc) is 2.55. The molecule has 0 aliphatic carbocycles. The lowest BCUT2D eigenvalue weighted by Gasteiger charge is -2.34. The van der Waals surface area contributed by atoms with Crippen molar-refractivity contribution in [1.82, 2.24) is 10.6 Å². The number of anilines is 1. The second kappa shape index (κ2) is 6.64. The third-order valence-electron chi connectivity index (χ3n) is 4.10. The quantitative estimate of drug-likeness (QED) is 0.882. The van der Waals surface area contributed by atoms with E-state index in [0.29, 0.717) is 5.92 Å². The minimum absolute atomic E-state index is 0.704. The molecule has 1 atom stereocenters. The lowest BCUT2D eigenvalue weighted by Crippen LogP contribution is -2.46. The number of nitrogens with one attached hydrogen (secondary N) is 2. The monoisotopic (exact) mass is 272 g/mol. The Morgan fingerprint density at radius 3 is 2.95 bits per heavy atom. The second-order valence-corrected chi connectivity index (χ2v) is 5.68. The SMILES string of the molecule is c1ccc(N2CCCC(CNC3=NCCCN3)C2)cc1. The summed E-state index contributed by atoms with van der Waals surface area (Å²) in [5, 5.41) is 6.80. The number of rotatable bonds is 3. The van der Waals surface area contributed by atoms with Gasteiger partial charge >= 0.3 is 0 Å². The first-order chi connectivity index (χ1) is 9.92. The Kier molecular flexibility index (Phi) is 4.41. The molecule has 1 fully saturated rings. The van der Waals surface area contributed by atoms with Crippen LogP contribution in [0.25, 0.3) is 0 Å². The van der Waals surface area contributed by atoms with Crippen molar-refractivity contribution in [3.05, 3.63) is 30.3 Å². The number of benzene rings is 1. The van der Waals surface area contributed by atoms with Crippen molar-refractivity contribution in [2.45, 2.75) is 19.3 Å². The predicted molar refractivity (Wildman–Crippen MR) is 84.3 cm³/mol. The van der Waals surface area contributed by atoms with E-state index in [-0.39, 0.29) is 0 Å². The molecule has 1 saturated heterocycles. The fourth-order valence-electron chi connectivity index (χ4n) is 3.00. The summed E-state index contributed by atoms with van der Waals surface area (Å²) in [4.78, 5) is 6.98. The van der Waals surface area contributed by atoms with Crippen LogP contribution in [-0.4, -0.2) is 38.7 Å². The van der Waals surface area contributed by atoms with Crippen molar-refractivity contribution in [3.8, 4) is 0 Å². The van der Waals surface area contributed by atoms with E-state index in [1.807, 2.05) is 0 Å². The van der Waals surface area contributed by atoms with E-state index in [9.17, 15) is 0 Å². The standard InChI is InChI=1S/C16H24N4/c1-2-7-15(8-3-1)20-11-4-6-14(13-20)12-19-16-17-9-5-10-18-16/h1-3,7-8,14H,4-6,9-13H2,(H2,17,18,19). The third-order valence-corrected chi connectivity index (χ3v) is 4.10. The van der Waals surface area contributed by atoms with Crippen molar-refractivity contribution >= 4 is 11.6 Å². The second-order valence-electron chi connectivity index (χ2n) is 5.68. The molecule has 2 heterocycles. The van der Waals surface area contributed by atoms with Crippen LogP contribution in [0.4, 0.5) is 5.69 Å². The minimum atomic E-state index is 0.704. The highest BCUT2D eigenvalue weighted by molar-refractivity contribution is 5.80. The van der Waals surface area contributed by atoms with Crippen LogP contribution in [0.1, 0.15) is 19.3 Å². The van der Waals surface area contributed by atoms with Gasteiger partial charge in [-0.15, -0.1) is 0 Å². The number of hydrogen-bond donors (Lipinski definition) is 2. The van der Waals surface area contributed by atoms with Gasteiger partial charge in [-0.3, -0.25) is 4.99 Å². The molecule has 0 saturated carbocycles. The van der Waals surface area contributed by atoms with Crippen LogP contribution >= 0.6 is 0 Å². The molecule has 0 bridgehead atoms. The highest BCUT2D eigenvalue weighted by Gasteiger charge is 2.20. The molecule has 2 aliphatic rings. The van der Waals surface area contributed by atoms with Crippen molar-refractivity contribution < 1.29 is 0 Å². The van der Waals surface area contributed by atoms with E-state index >= 15 is 0 Å². The molecule has 20 heavy (non-hydrogen) atoms. The number of piperidine rings is 1. The topological polar surface area (TPSA) is 39.7 Å². The van der Waals surface area contributed by atoms with E-state index in [2.05, 4.69) is 50.9 Å². The molecule has 2 N–H and O–H groups in total. The molecule has 4 nitrogen and oxygen atoms in total. The molecule has 4 heteroatoms. The molecule has 1 aromatic carbocycles. The van der Waals surface area contributed by atoms with Crippen molar-refractivity contribution in [3.63, 3.8) is 0 Å². The molecular formula is C16H24N4. The van der Waals surface area contributed by atoms with E-state index < -0.39 is 0 Å².